The van der Waals surface area contributed by atoms with Crippen molar-refractivity contribution in [1.29, 1.82) is 0 Å². The number of aromatic nitrogens is 2. The average Bonchev–Trinajstić information content (AvgIpc) is 3.91. The van der Waals surface area contributed by atoms with E-state index in [1.54, 1.807) is 34.9 Å². The fourth-order valence-corrected chi connectivity index (χ4v) is 6.17. The van der Waals surface area contributed by atoms with E-state index >= 15 is 0 Å². The van der Waals surface area contributed by atoms with Gasteiger partial charge in [-0.15, -0.1) is 0 Å². The van der Waals surface area contributed by atoms with Crippen LogP contribution in [-0.2, 0) is 0 Å². The van der Waals surface area contributed by atoms with Crippen molar-refractivity contribution in [1.82, 2.24) is 9.13 Å². The number of hydrogen-bond acceptors (Lipinski definition) is 1. The molecule has 0 amide bonds. The fourth-order valence-electron chi connectivity index (χ4n) is 6.17. The molecule has 3 aromatic heterocycles. The second-order valence-electron chi connectivity index (χ2n) is 10.5. The summed E-state index contributed by atoms with van der Waals surface area (Å²) in [5.41, 5.74) is 0.525. The Hall–Kier alpha value is -6.06. The number of furan rings is 1. The molecule has 0 unspecified atom stereocenters. The Morgan fingerprint density at radius 3 is 1.89 bits per heavy atom. The lowest BCUT2D eigenvalue weighted by molar-refractivity contribution is 0.666. The average molecular weight is 590 g/mol. The van der Waals surface area contributed by atoms with Crippen molar-refractivity contribution in [3.05, 3.63) is 157 Å². The van der Waals surface area contributed by atoms with Crippen molar-refractivity contribution in [2.45, 2.75) is 0 Å². The summed E-state index contributed by atoms with van der Waals surface area (Å²) in [6.07, 6.45) is 0. The van der Waals surface area contributed by atoms with Gasteiger partial charge in [-0.3, -0.25) is 0 Å². The summed E-state index contributed by atoms with van der Waals surface area (Å²) in [6, 6.07) is 12.1. The van der Waals surface area contributed by atoms with Gasteiger partial charge in [0.2, 0.25) is 0 Å². The number of nitrogens with zero attached hydrogens (tertiary/aromatic N) is 2. The maximum atomic E-state index is 9.75. The minimum atomic E-state index is -0.388. The van der Waals surface area contributed by atoms with Crippen LogP contribution in [0.4, 0.5) is 0 Å². The van der Waals surface area contributed by atoms with Gasteiger partial charge in [0.05, 0.1) is 48.3 Å². The third kappa shape index (κ3) is 3.46. The van der Waals surface area contributed by atoms with Gasteiger partial charge in [0.1, 0.15) is 5.58 Å². The van der Waals surface area contributed by atoms with E-state index in [1.807, 2.05) is 0 Å². The van der Waals surface area contributed by atoms with E-state index in [0.717, 1.165) is 12.1 Å². The van der Waals surface area contributed by atoms with Crippen LogP contribution in [0.15, 0.2) is 162 Å². The molecule has 3 heterocycles. The quantitative estimate of drug-likeness (QED) is 0.201. The molecule has 0 saturated carbocycles. The summed E-state index contributed by atoms with van der Waals surface area (Å²) >= 11 is 0. The number of rotatable bonds is 3. The number of hydrogen-bond donors (Lipinski definition) is 0. The van der Waals surface area contributed by atoms with Crippen LogP contribution in [0.5, 0.6) is 0 Å². The van der Waals surface area contributed by atoms with Gasteiger partial charge in [0.25, 0.3) is 0 Å². The number of fused-ring (bicyclic) bond motifs is 9. The summed E-state index contributed by atoms with van der Waals surface area (Å²) < 4.78 is 143. The standard InChI is InChI=1S/C42H26N2O/c1-2-11-29(12-3-1)43-36-17-7-4-13-30(36)34-25-27(21-23-38(34)43)28-22-24-39-35(26-28)31-14-5-8-18-37(31)44(39)40-19-10-16-33-32-15-6-9-20-41(32)45-42(33)40/h1-26H/i5D,7D,9D,10D,13D,14D,15D,16D,17D,18D,20D,23D,24D,25D,26D. The molecule has 210 valence electrons. The highest BCUT2D eigenvalue weighted by Crippen LogP contribution is 2.40. The van der Waals surface area contributed by atoms with Gasteiger partial charge < -0.3 is 13.6 Å². The van der Waals surface area contributed by atoms with E-state index in [1.165, 1.54) is 28.8 Å². The smallest absolute Gasteiger partial charge is 0.159 e. The van der Waals surface area contributed by atoms with Gasteiger partial charge >= 0.3 is 0 Å². The van der Waals surface area contributed by atoms with Crippen LogP contribution >= 0.6 is 0 Å². The molecule has 0 saturated heterocycles. The Labute approximate surface area is 279 Å². The molecule has 0 aliphatic rings. The summed E-state index contributed by atoms with van der Waals surface area (Å²) in [5, 5.41) is 0.145. The predicted octanol–water partition coefficient (Wildman–Crippen LogP) is 11.4. The first-order chi connectivity index (χ1) is 28.5. The van der Waals surface area contributed by atoms with Gasteiger partial charge in [-0.2, -0.15) is 0 Å². The molecule has 0 N–H and O–H groups in total. The molecule has 0 aliphatic heterocycles. The third-order valence-corrected chi connectivity index (χ3v) is 8.09. The molecule has 0 radical (unpaired) electrons. The first-order valence-corrected chi connectivity index (χ1v) is 14.1. The van der Waals surface area contributed by atoms with E-state index in [-0.39, 0.29) is 173 Å². The SMILES string of the molecule is [2H]c1cc([2H])c2c(oc3c(-n4c5c([2H])cc([2H])c([2H])c5c5c([2H])c(-c6cc([2H])c7c(c6[2H])c6c([2H])cc([2H])c([2H])c6n7-c6ccccc6)cc([2H])c54)cc([2H])c([2H])c32)c1[2H]. The first-order valence-electron chi connectivity index (χ1n) is 21.6. The van der Waals surface area contributed by atoms with Crippen molar-refractivity contribution in [3.63, 3.8) is 0 Å². The maximum Gasteiger partial charge on any atom is 0.159 e. The first kappa shape index (κ1) is 14.1. The lowest BCUT2D eigenvalue weighted by Gasteiger charge is -2.10. The fraction of sp³-hybridized carbons (Fsp3) is 0. The molecule has 0 aliphatic carbocycles. The third-order valence-electron chi connectivity index (χ3n) is 8.09. The van der Waals surface area contributed by atoms with Gasteiger partial charge in [0, 0.05) is 38.0 Å². The van der Waals surface area contributed by atoms with Gasteiger partial charge in [0.15, 0.2) is 5.58 Å². The zero-order valence-electron chi connectivity index (χ0n) is 38.2. The minimum absolute atomic E-state index is 0.00786. The van der Waals surface area contributed by atoms with E-state index in [4.69, 9.17) is 19.5 Å². The normalized spacial score (nSPS) is 16.7. The second-order valence-corrected chi connectivity index (χ2v) is 10.5. The van der Waals surface area contributed by atoms with Crippen LogP contribution in [0.1, 0.15) is 20.6 Å². The van der Waals surface area contributed by atoms with Crippen LogP contribution < -0.4 is 0 Å². The topological polar surface area (TPSA) is 23.0 Å². The highest BCUT2D eigenvalue weighted by Gasteiger charge is 2.18. The molecule has 0 spiro atoms. The second kappa shape index (κ2) is 9.22. The summed E-state index contributed by atoms with van der Waals surface area (Å²) in [5.74, 6) is 0. The van der Waals surface area contributed by atoms with E-state index < -0.39 is 0 Å². The zero-order valence-corrected chi connectivity index (χ0v) is 23.2. The summed E-state index contributed by atoms with van der Waals surface area (Å²) in [7, 11) is 0. The van der Waals surface area contributed by atoms with Crippen molar-refractivity contribution in [3.8, 4) is 22.5 Å². The molecule has 3 heteroatoms. The number of para-hydroxylation sites is 5. The van der Waals surface area contributed by atoms with E-state index in [9.17, 15) is 5.48 Å². The molecule has 0 atom stereocenters. The van der Waals surface area contributed by atoms with Crippen LogP contribution in [-0.4, -0.2) is 9.13 Å². The monoisotopic (exact) mass is 589 g/mol. The molecule has 0 fully saturated rings. The van der Waals surface area contributed by atoms with Gasteiger partial charge in [-0.25, -0.2) is 0 Å². The largest absolute Gasteiger partial charge is 0.454 e. The molecular formula is C42H26N2O. The van der Waals surface area contributed by atoms with Crippen molar-refractivity contribution < 1.29 is 25.0 Å². The zero-order chi connectivity index (χ0) is 42.5. The molecule has 7 aromatic carbocycles. The van der Waals surface area contributed by atoms with Crippen molar-refractivity contribution in [2.24, 2.45) is 0 Å². The molecule has 0 bridgehead atoms. The van der Waals surface area contributed by atoms with Crippen LogP contribution in [0, 0.1) is 0 Å². The number of benzene rings is 7. The summed E-state index contributed by atoms with van der Waals surface area (Å²) in [4.78, 5) is 0. The van der Waals surface area contributed by atoms with Gasteiger partial charge in [-0.05, 0) is 71.6 Å². The molecule has 3 nitrogen and oxygen atoms in total. The van der Waals surface area contributed by atoms with Crippen LogP contribution in [0.2, 0.25) is 0 Å². The molecule has 10 aromatic rings. The van der Waals surface area contributed by atoms with Crippen molar-refractivity contribution >= 4 is 65.6 Å². The van der Waals surface area contributed by atoms with Crippen LogP contribution in [0.3, 0.4) is 0 Å². The maximum absolute atomic E-state index is 9.75. The van der Waals surface area contributed by atoms with Crippen molar-refractivity contribution in [2.75, 3.05) is 0 Å². The lowest BCUT2D eigenvalue weighted by atomic mass is 10.0. The Bertz CT molecular complexity index is 3610. The molecular weight excluding hydrogens is 548 g/mol. The molecule has 10 rings (SSSR count). The highest BCUT2D eigenvalue weighted by molar-refractivity contribution is 6.14. The molecule has 45 heavy (non-hydrogen) atoms. The van der Waals surface area contributed by atoms with E-state index in [2.05, 4.69) is 0 Å². The lowest BCUT2D eigenvalue weighted by Crippen LogP contribution is -1.94. The Balaban J connectivity index is 1.36. The van der Waals surface area contributed by atoms with E-state index in [0.29, 0.717) is 5.69 Å². The summed E-state index contributed by atoms with van der Waals surface area (Å²) in [6.45, 7) is 0. The predicted molar refractivity (Wildman–Crippen MR) is 188 cm³/mol. The van der Waals surface area contributed by atoms with Crippen LogP contribution in [0.25, 0.3) is 88.1 Å². The van der Waals surface area contributed by atoms with Gasteiger partial charge in [-0.1, -0.05) is 96.9 Å². The minimum Gasteiger partial charge on any atom is -0.454 e. The Kier molecular flexibility index (Phi) is 2.90. The highest BCUT2D eigenvalue weighted by atomic mass is 16.3. The Morgan fingerprint density at radius 1 is 0.444 bits per heavy atom. The Morgan fingerprint density at radius 2 is 1.07 bits per heavy atom.